The van der Waals surface area contributed by atoms with Crippen molar-refractivity contribution >= 4 is 23.6 Å². The van der Waals surface area contributed by atoms with Crippen LogP contribution in [0.1, 0.15) is 27.0 Å². The van der Waals surface area contributed by atoms with Gasteiger partial charge in [-0.25, -0.2) is 0 Å². The van der Waals surface area contributed by atoms with Crippen LogP contribution in [0.4, 0.5) is 5.69 Å². The maximum absolute atomic E-state index is 12.0. The fourth-order valence-electron chi connectivity index (χ4n) is 2.17. The van der Waals surface area contributed by atoms with Crippen molar-refractivity contribution in [1.29, 1.82) is 0 Å². The first-order chi connectivity index (χ1) is 11.4. The van der Waals surface area contributed by atoms with Gasteiger partial charge in [-0.3, -0.25) is 9.59 Å². The number of carbonyl (C=O) groups excluding carboxylic acids is 2. The number of hydrogen-bond acceptors (Lipinski definition) is 2. The molecule has 0 aliphatic rings. The van der Waals surface area contributed by atoms with Gasteiger partial charge in [-0.15, -0.1) is 0 Å². The van der Waals surface area contributed by atoms with E-state index in [1.807, 2.05) is 44.2 Å². The Hall–Kier alpha value is -2.88. The van der Waals surface area contributed by atoms with E-state index in [1.165, 1.54) is 16.5 Å². The molecule has 0 aliphatic carbocycles. The lowest BCUT2D eigenvalue weighted by atomic mass is 10.1. The molecular weight excluding hydrogens is 300 g/mol. The third kappa shape index (κ3) is 4.56. The van der Waals surface area contributed by atoms with Gasteiger partial charge < -0.3 is 10.2 Å². The van der Waals surface area contributed by atoms with Crippen molar-refractivity contribution in [3.8, 4) is 0 Å². The maximum Gasteiger partial charge on any atom is 0.253 e. The molecule has 4 heteroatoms. The van der Waals surface area contributed by atoms with Crippen molar-refractivity contribution in [2.45, 2.75) is 13.8 Å². The summed E-state index contributed by atoms with van der Waals surface area (Å²) in [4.78, 5) is 25.3. The van der Waals surface area contributed by atoms with Gasteiger partial charge in [-0.05, 0) is 60.9 Å². The Morgan fingerprint density at radius 1 is 0.958 bits per heavy atom. The number of carbonyl (C=O) groups is 2. The number of benzene rings is 2. The lowest BCUT2D eigenvalue weighted by Crippen LogP contribution is -2.21. The Kier molecular flexibility index (Phi) is 5.53. The van der Waals surface area contributed by atoms with Crippen LogP contribution in [-0.2, 0) is 4.79 Å². The molecule has 2 amide bonds. The highest BCUT2D eigenvalue weighted by Gasteiger charge is 2.06. The second-order valence-corrected chi connectivity index (χ2v) is 5.94. The summed E-state index contributed by atoms with van der Waals surface area (Å²) in [5.41, 5.74) is 4.59. The van der Waals surface area contributed by atoms with Crippen LogP contribution in [0.5, 0.6) is 0 Å². The van der Waals surface area contributed by atoms with E-state index in [0.717, 1.165) is 16.8 Å². The predicted octanol–water partition coefficient (Wildman–Crippen LogP) is 3.66. The summed E-state index contributed by atoms with van der Waals surface area (Å²) in [5.74, 6) is -0.232. The summed E-state index contributed by atoms with van der Waals surface area (Å²) in [6.07, 6.45) is 3.21. The molecule has 24 heavy (non-hydrogen) atoms. The maximum atomic E-state index is 12.0. The molecule has 0 aliphatic heterocycles. The van der Waals surface area contributed by atoms with E-state index in [9.17, 15) is 9.59 Å². The molecule has 0 radical (unpaired) electrons. The van der Waals surface area contributed by atoms with E-state index in [1.54, 1.807) is 32.3 Å². The van der Waals surface area contributed by atoms with Crippen LogP contribution in [0.2, 0.25) is 0 Å². The number of anilines is 1. The van der Waals surface area contributed by atoms with Crippen molar-refractivity contribution in [2.75, 3.05) is 19.4 Å². The van der Waals surface area contributed by atoms with Gasteiger partial charge in [0.1, 0.15) is 0 Å². The SMILES string of the molecule is Cc1ccc(NC(=O)/C=C/c2ccc(C(=O)N(C)C)cc2)cc1C. The Bertz CT molecular complexity index is 775. The van der Waals surface area contributed by atoms with Crippen LogP contribution in [0, 0.1) is 13.8 Å². The molecule has 124 valence electrons. The van der Waals surface area contributed by atoms with Gasteiger partial charge >= 0.3 is 0 Å². The molecule has 0 atom stereocenters. The van der Waals surface area contributed by atoms with Crippen LogP contribution in [-0.4, -0.2) is 30.8 Å². The molecule has 0 heterocycles. The van der Waals surface area contributed by atoms with Crippen LogP contribution >= 0.6 is 0 Å². The van der Waals surface area contributed by atoms with Gasteiger partial charge in [0.2, 0.25) is 5.91 Å². The van der Waals surface area contributed by atoms with Crippen LogP contribution in [0.15, 0.2) is 48.5 Å². The third-order valence-electron chi connectivity index (χ3n) is 3.77. The molecule has 0 saturated heterocycles. The molecule has 2 aromatic carbocycles. The Morgan fingerprint density at radius 3 is 2.21 bits per heavy atom. The summed E-state index contributed by atoms with van der Waals surface area (Å²) in [6.45, 7) is 4.04. The summed E-state index contributed by atoms with van der Waals surface area (Å²) in [5, 5.41) is 2.84. The van der Waals surface area contributed by atoms with Gasteiger partial charge in [0.25, 0.3) is 5.91 Å². The van der Waals surface area contributed by atoms with E-state index in [2.05, 4.69) is 5.32 Å². The first-order valence-electron chi connectivity index (χ1n) is 7.75. The Labute approximate surface area is 142 Å². The number of amides is 2. The Balaban J connectivity index is 2.00. The number of hydrogen-bond donors (Lipinski definition) is 1. The second kappa shape index (κ2) is 7.59. The van der Waals surface area contributed by atoms with Crippen LogP contribution < -0.4 is 5.32 Å². The van der Waals surface area contributed by atoms with E-state index in [-0.39, 0.29) is 11.8 Å². The minimum atomic E-state index is -0.188. The highest BCUT2D eigenvalue weighted by molar-refractivity contribution is 6.02. The minimum absolute atomic E-state index is 0.0435. The average Bonchev–Trinajstić information content (AvgIpc) is 2.56. The normalized spacial score (nSPS) is 10.7. The Morgan fingerprint density at radius 2 is 1.62 bits per heavy atom. The highest BCUT2D eigenvalue weighted by Crippen LogP contribution is 2.14. The topological polar surface area (TPSA) is 49.4 Å². The smallest absolute Gasteiger partial charge is 0.253 e. The van der Waals surface area contributed by atoms with E-state index in [4.69, 9.17) is 0 Å². The van der Waals surface area contributed by atoms with Crippen molar-refractivity contribution in [3.05, 3.63) is 70.8 Å². The first-order valence-corrected chi connectivity index (χ1v) is 7.75. The lowest BCUT2D eigenvalue weighted by Gasteiger charge is -2.09. The summed E-state index contributed by atoms with van der Waals surface area (Å²) < 4.78 is 0. The average molecular weight is 322 g/mol. The second-order valence-electron chi connectivity index (χ2n) is 5.94. The first kappa shape index (κ1) is 17.5. The molecule has 1 N–H and O–H groups in total. The van der Waals surface area contributed by atoms with Gasteiger partial charge in [0.05, 0.1) is 0 Å². The van der Waals surface area contributed by atoms with E-state index in [0.29, 0.717) is 5.56 Å². The van der Waals surface area contributed by atoms with E-state index < -0.39 is 0 Å². The summed E-state index contributed by atoms with van der Waals surface area (Å²) in [6, 6.07) is 13.0. The molecule has 0 saturated carbocycles. The van der Waals surface area contributed by atoms with Crippen molar-refractivity contribution in [1.82, 2.24) is 4.90 Å². The molecule has 0 bridgehead atoms. The van der Waals surface area contributed by atoms with Crippen molar-refractivity contribution < 1.29 is 9.59 Å². The van der Waals surface area contributed by atoms with E-state index >= 15 is 0 Å². The summed E-state index contributed by atoms with van der Waals surface area (Å²) >= 11 is 0. The number of aryl methyl sites for hydroxylation is 2. The zero-order valence-electron chi connectivity index (χ0n) is 14.5. The highest BCUT2D eigenvalue weighted by atomic mass is 16.2. The molecule has 2 aromatic rings. The monoisotopic (exact) mass is 322 g/mol. The molecular formula is C20H22N2O2. The van der Waals surface area contributed by atoms with Gasteiger partial charge in [0, 0.05) is 31.4 Å². The zero-order chi connectivity index (χ0) is 17.7. The van der Waals surface area contributed by atoms with Crippen LogP contribution in [0.3, 0.4) is 0 Å². The molecule has 0 aromatic heterocycles. The predicted molar refractivity (Wildman–Crippen MR) is 98.0 cm³/mol. The third-order valence-corrected chi connectivity index (χ3v) is 3.77. The fraction of sp³-hybridized carbons (Fsp3) is 0.200. The number of nitrogens with zero attached hydrogens (tertiary/aromatic N) is 1. The quantitative estimate of drug-likeness (QED) is 0.873. The molecule has 4 nitrogen and oxygen atoms in total. The summed E-state index contributed by atoms with van der Waals surface area (Å²) in [7, 11) is 3.43. The van der Waals surface area contributed by atoms with Crippen molar-refractivity contribution in [2.24, 2.45) is 0 Å². The zero-order valence-corrected chi connectivity index (χ0v) is 14.5. The number of nitrogens with one attached hydrogen (secondary N) is 1. The minimum Gasteiger partial charge on any atom is -0.345 e. The van der Waals surface area contributed by atoms with Gasteiger partial charge in [0.15, 0.2) is 0 Å². The lowest BCUT2D eigenvalue weighted by molar-refractivity contribution is -0.111. The number of rotatable bonds is 4. The van der Waals surface area contributed by atoms with Crippen molar-refractivity contribution in [3.63, 3.8) is 0 Å². The fourth-order valence-corrected chi connectivity index (χ4v) is 2.17. The standard InChI is InChI=1S/C20H22N2O2/c1-14-5-11-18(13-15(14)2)21-19(23)12-8-16-6-9-17(10-7-16)20(24)22(3)4/h5-13H,1-4H3,(H,21,23)/b12-8+. The van der Waals surface area contributed by atoms with Gasteiger partial charge in [-0.1, -0.05) is 18.2 Å². The molecule has 0 unspecified atom stereocenters. The largest absolute Gasteiger partial charge is 0.345 e. The molecule has 0 spiro atoms. The molecule has 0 fully saturated rings. The molecule has 2 rings (SSSR count). The van der Waals surface area contributed by atoms with Crippen LogP contribution in [0.25, 0.3) is 6.08 Å². The van der Waals surface area contributed by atoms with Gasteiger partial charge in [-0.2, -0.15) is 0 Å².